The number of aromatic nitrogens is 2. The van der Waals surface area contributed by atoms with E-state index in [1.807, 2.05) is 48.5 Å². The zero-order valence-electron chi connectivity index (χ0n) is 11.4. The molecule has 2 heterocycles. The van der Waals surface area contributed by atoms with Crippen LogP contribution in [0.1, 0.15) is 0 Å². The number of hydrogen-bond donors (Lipinski definition) is 2. The van der Waals surface area contributed by atoms with Gasteiger partial charge in [0, 0.05) is 34.2 Å². The zero-order chi connectivity index (χ0) is 14.9. The molecule has 2 aromatic carbocycles. The van der Waals surface area contributed by atoms with Crippen LogP contribution in [0.15, 0.2) is 60.9 Å². The van der Waals surface area contributed by atoms with Gasteiger partial charge < -0.3 is 18.3 Å². The molecule has 0 unspecified atom stereocenters. The maximum absolute atomic E-state index is 12.1. The lowest BCUT2D eigenvalue weighted by atomic mass is 10.2. The highest BCUT2D eigenvalue weighted by Gasteiger charge is 2.13. The molecule has 0 spiro atoms. The summed E-state index contributed by atoms with van der Waals surface area (Å²) in [5.74, 6) is 0.988. The van der Waals surface area contributed by atoms with Crippen molar-refractivity contribution >= 4 is 33.2 Å². The fourth-order valence-electron chi connectivity index (χ4n) is 2.39. The van der Waals surface area contributed by atoms with E-state index in [0.29, 0.717) is 11.5 Å². The minimum absolute atomic E-state index is 0.494. The average Bonchev–Trinajstić information content (AvgIpc) is 3.13. The number of rotatable bonds is 4. The normalized spacial score (nSPS) is 11.3. The number of hydrogen-bond acceptors (Lipinski definition) is 3. The highest BCUT2D eigenvalue weighted by molar-refractivity contribution is 7.76. The van der Waals surface area contributed by atoms with E-state index < -0.39 is 11.4 Å². The summed E-state index contributed by atoms with van der Waals surface area (Å²) < 4.78 is 22.9. The Kier molecular flexibility index (Phi) is 3.08. The van der Waals surface area contributed by atoms with Crippen LogP contribution in [0, 0.1) is 0 Å². The summed E-state index contributed by atoms with van der Waals surface area (Å²) in [7, 11) is 0. The lowest BCUT2D eigenvalue weighted by molar-refractivity contribution is 0.466. The van der Waals surface area contributed by atoms with E-state index in [1.54, 1.807) is 12.4 Å². The highest BCUT2D eigenvalue weighted by atomic mass is 32.2. The fourth-order valence-corrected chi connectivity index (χ4v) is 2.99. The monoisotopic (exact) mass is 312 g/mol. The number of fused-ring (bicyclic) bond motifs is 2. The van der Waals surface area contributed by atoms with Gasteiger partial charge in [-0.2, -0.15) is 4.21 Å². The molecule has 0 bridgehead atoms. The van der Waals surface area contributed by atoms with Gasteiger partial charge >= 0.3 is 11.4 Å². The van der Waals surface area contributed by atoms with E-state index in [1.165, 1.54) is 0 Å². The second-order valence-corrected chi connectivity index (χ2v) is 5.51. The van der Waals surface area contributed by atoms with Crippen LogP contribution in [0.2, 0.25) is 0 Å². The Labute approximate surface area is 128 Å². The minimum atomic E-state index is -1.93. The Balaban J connectivity index is 1.58. The quantitative estimate of drug-likeness (QED) is 0.604. The molecule has 5 nitrogen and oxygen atoms in total. The lowest BCUT2D eigenvalue weighted by Gasteiger charge is -2.03. The molecule has 2 aromatic heterocycles. The maximum atomic E-state index is 12.1. The molecule has 0 aliphatic carbocycles. The van der Waals surface area contributed by atoms with Crippen molar-refractivity contribution in [1.82, 2.24) is 9.97 Å². The van der Waals surface area contributed by atoms with E-state index in [0.717, 1.165) is 21.8 Å². The summed E-state index contributed by atoms with van der Waals surface area (Å²) in [6, 6.07) is 15.3. The molecule has 0 radical (unpaired) electrons. The average molecular weight is 312 g/mol. The summed E-state index contributed by atoms with van der Waals surface area (Å²) in [5, 5.41) is 1.72. The number of nitrogens with one attached hydrogen (secondary N) is 2. The smallest absolute Gasteiger partial charge is 0.369 e. The van der Waals surface area contributed by atoms with E-state index in [2.05, 4.69) is 9.97 Å². The first-order valence-electron chi connectivity index (χ1n) is 6.72. The van der Waals surface area contributed by atoms with Crippen LogP contribution >= 0.6 is 0 Å². The second-order valence-electron chi connectivity index (χ2n) is 4.77. The molecular formula is C16H12N2O3S. The van der Waals surface area contributed by atoms with Crippen molar-refractivity contribution in [3.05, 3.63) is 60.9 Å². The Bertz CT molecular complexity index is 896. The Hall–Kier alpha value is -2.73. The van der Waals surface area contributed by atoms with Crippen LogP contribution in [0.5, 0.6) is 11.5 Å². The Morgan fingerprint density at radius 1 is 0.727 bits per heavy atom. The first-order valence-corrected chi connectivity index (χ1v) is 7.72. The predicted octanol–water partition coefficient (Wildman–Crippen LogP) is 3.69. The summed E-state index contributed by atoms with van der Waals surface area (Å²) in [4.78, 5) is 6.12. The van der Waals surface area contributed by atoms with Crippen LogP contribution in [0.4, 0.5) is 0 Å². The van der Waals surface area contributed by atoms with Gasteiger partial charge in [0.1, 0.15) is 0 Å². The molecule has 0 saturated carbocycles. The lowest BCUT2D eigenvalue weighted by Crippen LogP contribution is -2.07. The van der Waals surface area contributed by atoms with E-state index in [-0.39, 0.29) is 0 Å². The molecule has 2 N–H and O–H groups in total. The van der Waals surface area contributed by atoms with E-state index >= 15 is 0 Å². The summed E-state index contributed by atoms with van der Waals surface area (Å²) >= 11 is -1.93. The molecule has 0 saturated heterocycles. The molecule has 6 heteroatoms. The second kappa shape index (κ2) is 5.23. The van der Waals surface area contributed by atoms with Crippen LogP contribution in [0.3, 0.4) is 0 Å². The van der Waals surface area contributed by atoms with Crippen molar-refractivity contribution in [2.45, 2.75) is 0 Å². The molecule has 4 aromatic rings. The van der Waals surface area contributed by atoms with Gasteiger partial charge in [-0.05, 0) is 24.3 Å². The van der Waals surface area contributed by atoms with Crippen LogP contribution in [-0.2, 0) is 11.4 Å². The molecular weight excluding hydrogens is 300 g/mol. The molecule has 110 valence electrons. The number of benzene rings is 2. The van der Waals surface area contributed by atoms with Crippen molar-refractivity contribution in [2.75, 3.05) is 0 Å². The van der Waals surface area contributed by atoms with Crippen LogP contribution in [0.25, 0.3) is 21.8 Å². The third-order valence-corrected chi connectivity index (χ3v) is 4.05. The van der Waals surface area contributed by atoms with Gasteiger partial charge in [-0.15, -0.1) is 0 Å². The first kappa shape index (κ1) is 13.0. The van der Waals surface area contributed by atoms with Gasteiger partial charge in [-0.1, -0.05) is 24.3 Å². The molecule has 0 fully saturated rings. The van der Waals surface area contributed by atoms with Crippen molar-refractivity contribution in [3.8, 4) is 11.5 Å². The third-order valence-electron chi connectivity index (χ3n) is 3.42. The van der Waals surface area contributed by atoms with Crippen molar-refractivity contribution in [1.29, 1.82) is 0 Å². The van der Waals surface area contributed by atoms with Gasteiger partial charge in [0.2, 0.25) is 0 Å². The Morgan fingerprint density at radius 3 is 1.68 bits per heavy atom. The molecule has 0 aliphatic heterocycles. The number of aromatic amines is 2. The summed E-state index contributed by atoms with van der Waals surface area (Å²) in [5.41, 5.74) is 1.84. The van der Waals surface area contributed by atoms with Crippen molar-refractivity contribution < 1.29 is 12.6 Å². The van der Waals surface area contributed by atoms with Gasteiger partial charge in [0.15, 0.2) is 11.5 Å². The van der Waals surface area contributed by atoms with Gasteiger partial charge in [0.05, 0.1) is 0 Å². The highest BCUT2D eigenvalue weighted by Crippen LogP contribution is 2.28. The SMILES string of the molecule is O=S(Oc1c[nH]c2ccccc12)Oc1c[nH]c2ccccc12. The Morgan fingerprint density at radius 2 is 1.18 bits per heavy atom. The van der Waals surface area contributed by atoms with Crippen molar-refractivity contribution in [3.63, 3.8) is 0 Å². The zero-order valence-corrected chi connectivity index (χ0v) is 12.2. The first-order chi connectivity index (χ1) is 10.8. The molecule has 0 aliphatic rings. The standard InChI is InChI=1S/C16H12N2O3S/c19-22(20-15-9-17-13-7-3-1-5-11(13)15)21-16-10-18-14-8-4-2-6-12(14)16/h1-10,17-18H. The number of para-hydroxylation sites is 2. The topological polar surface area (TPSA) is 67.1 Å². The fraction of sp³-hybridized carbons (Fsp3) is 0. The largest absolute Gasteiger partial charge is 0.417 e. The van der Waals surface area contributed by atoms with Crippen molar-refractivity contribution in [2.24, 2.45) is 0 Å². The van der Waals surface area contributed by atoms with Gasteiger partial charge in [0.25, 0.3) is 0 Å². The van der Waals surface area contributed by atoms with E-state index in [9.17, 15) is 4.21 Å². The van der Waals surface area contributed by atoms with Gasteiger partial charge in [-0.25, -0.2) is 0 Å². The van der Waals surface area contributed by atoms with Crippen LogP contribution in [-0.4, -0.2) is 14.2 Å². The predicted molar refractivity (Wildman–Crippen MR) is 86.0 cm³/mol. The van der Waals surface area contributed by atoms with E-state index in [4.69, 9.17) is 8.37 Å². The molecule has 4 rings (SSSR count). The maximum Gasteiger partial charge on any atom is 0.417 e. The minimum Gasteiger partial charge on any atom is -0.369 e. The molecule has 0 atom stereocenters. The van der Waals surface area contributed by atoms with Gasteiger partial charge in [-0.3, -0.25) is 0 Å². The molecule has 0 amide bonds. The summed E-state index contributed by atoms with van der Waals surface area (Å²) in [6.45, 7) is 0. The third kappa shape index (κ3) is 2.23. The number of H-pyrrole nitrogens is 2. The summed E-state index contributed by atoms with van der Waals surface area (Å²) in [6.07, 6.45) is 3.34. The molecule has 22 heavy (non-hydrogen) atoms. The van der Waals surface area contributed by atoms with Crippen LogP contribution < -0.4 is 8.37 Å².